The van der Waals surface area contributed by atoms with Crippen LogP contribution >= 0.6 is 0 Å². The Morgan fingerprint density at radius 3 is 2.46 bits per heavy atom. The lowest BCUT2D eigenvalue weighted by atomic mass is 9.86. The van der Waals surface area contributed by atoms with Crippen molar-refractivity contribution < 1.29 is 4.74 Å². The van der Waals surface area contributed by atoms with Gasteiger partial charge in [0.1, 0.15) is 0 Å². The molecule has 1 aromatic carbocycles. The second kappa shape index (κ2) is 8.18. The van der Waals surface area contributed by atoms with Crippen LogP contribution in [0, 0.1) is 19.8 Å². The summed E-state index contributed by atoms with van der Waals surface area (Å²) >= 11 is 0. The Kier molecular flexibility index (Phi) is 6.13. The Balaban J connectivity index is 1.70. The van der Waals surface area contributed by atoms with E-state index in [0.29, 0.717) is 12.1 Å². The molecule has 3 atom stereocenters. The maximum absolute atomic E-state index is 6.03. The molecule has 0 aromatic heterocycles. The summed E-state index contributed by atoms with van der Waals surface area (Å²) in [6.07, 6.45) is 5.39. The standard InChI is InChI=1S/C22H37N3O/c1-14-13-25(17(4)18(5)26-14)22-11-10-21(15(2)16(22)3)24-12-19-6-8-20(23)9-7-19/h10-11,14,17-20,24H,6-9,12-13,23H2,1-5H3. The zero-order valence-electron chi connectivity index (χ0n) is 17.2. The molecule has 146 valence electrons. The molecule has 3 N–H and O–H groups in total. The summed E-state index contributed by atoms with van der Waals surface area (Å²) in [6.45, 7) is 13.1. The molecule has 1 aliphatic carbocycles. The topological polar surface area (TPSA) is 50.5 Å². The van der Waals surface area contributed by atoms with E-state index in [1.54, 1.807) is 0 Å². The Bertz CT molecular complexity index is 610. The Hall–Kier alpha value is -1.26. The summed E-state index contributed by atoms with van der Waals surface area (Å²) < 4.78 is 5.99. The molecule has 0 bridgehead atoms. The fraction of sp³-hybridized carbons (Fsp3) is 0.727. The minimum absolute atomic E-state index is 0.258. The predicted molar refractivity (Wildman–Crippen MR) is 111 cm³/mol. The third-order valence-electron chi connectivity index (χ3n) is 6.61. The van der Waals surface area contributed by atoms with Gasteiger partial charge in [0.25, 0.3) is 0 Å². The van der Waals surface area contributed by atoms with Crippen molar-refractivity contribution in [1.29, 1.82) is 0 Å². The molecule has 3 unspecified atom stereocenters. The number of morpholine rings is 1. The van der Waals surface area contributed by atoms with Gasteiger partial charge in [-0.15, -0.1) is 0 Å². The number of anilines is 2. The van der Waals surface area contributed by atoms with E-state index >= 15 is 0 Å². The van der Waals surface area contributed by atoms with Crippen LogP contribution in [-0.2, 0) is 4.74 Å². The summed E-state index contributed by atoms with van der Waals surface area (Å²) in [5, 5.41) is 3.71. The normalized spacial score (nSPS) is 32.5. The summed E-state index contributed by atoms with van der Waals surface area (Å²) in [4.78, 5) is 2.52. The van der Waals surface area contributed by atoms with Crippen molar-refractivity contribution >= 4 is 11.4 Å². The van der Waals surface area contributed by atoms with Crippen molar-refractivity contribution in [1.82, 2.24) is 0 Å². The van der Waals surface area contributed by atoms with Gasteiger partial charge in [-0.1, -0.05) is 0 Å². The van der Waals surface area contributed by atoms with Gasteiger partial charge in [-0.3, -0.25) is 0 Å². The highest BCUT2D eigenvalue weighted by Crippen LogP contribution is 2.33. The van der Waals surface area contributed by atoms with Crippen LogP contribution in [0.2, 0.25) is 0 Å². The Labute approximate surface area is 159 Å². The van der Waals surface area contributed by atoms with E-state index in [-0.39, 0.29) is 12.2 Å². The van der Waals surface area contributed by atoms with Crippen LogP contribution in [0.1, 0.15) is 57.6 Å². The first-order chi connectivity index (χ1) is 12.4. The van der Waals surface area contributed by atoms with Crippen LogP contribution in [0.4, 0.5) is 11.4 Å². The van der Waals surface area contributed by atoms with Gasteiger partial charge in [0.15, 0.2) is 0 Å². The second-order valence-corrected chi connectivity index (χ2v) is 8.59. The fourth-order valence-electron chi connectivity index (χ4n) is 4.49. The van der Waals surface area contributed by atoms with Crippen LogP contribution in [0.15, 0.2) is 12.1 Å². The van der Waals surface area contributed by atoms with Crippen LogP contribution in [0.25, 0.3) is 0 Å². The van der Waals surface area contributed by atoms with E-state index < -0.39 is 0 Å². The first-order valence-electron chi connectivity index (χ1n) is 10.4. The number of nitrogens with two attached hydrogens (primary N) is 1. The third-order valence-corrected chi connectivity index (χ3v) is 6.61. The lowest BCUT2D eigenvalue weighted by molar-refractivity contribution is -0.0258. The van der Waals surface area contributed by atoms with Gasteiger partial charge in [-0.05, 0) is 89.5 Å². The van der Waals surface area contributed by atoms with Gasteiger partial charge in [0.05, 0.1) is 18.2 Å². The summed E-state index contributed by atoms with van der Waals surface area (Å²) in [7, 11) is 0. The summed E-state index contributed by atoms with van der Waals surface area (Å²) in [6, 6.07) is 5.39. The molecule has 3 rings (SSSR count). The van der Waals surface area contributed by atoms with Gasteiger partial charge < -0.3 is 20.7 Å². The first-order valence-corrected chi connectivity index (χ1v) is 10.4. The van der Waals surface area contributed by atoms with E-state index in [9.17, 15) is 0 Å². The van der Waals surface area contributed by atoms with Crippen molar-refractivity contribution in [3.63, 3.8) is 0 Å². The van der Waals surface area contributed by atoms with Crippen molar-refractivity contribution in [2.24, 2.45) is 11.7 Å². The van der Waals surface area contributed by atoms with E-state index in [1.807, 2.05) is 0 Å². The highest BCUT2D eigenvalue weighted by atomic mass is 16.5. The minimum Gasteiger partial charge on any atom is -0.385 e. The molecule has 26 heavy (non-hydrogen) atoms. The van der Waals surface area contributed by atoms with Crippen LogP contribution in [-0.4, -0.2) is 37.4 Å². The Morgan fingerprint density at radius 1 is 1.08 bits per heavy atom. The molecular formula is C22H37N3O. The van der Waals surface area contributed by atoms with Gasteiger partial charge in [0, 0.05) is 30.5 Å². The van der Waals surface area contributed by atoms with Gasteiger partial charge >= 0.3 is 0 Å². The highest BCUT2D eigenvalue weighted by molar-refractivity contribution is 5.66. The summed E-state index contributed by atoms with van der Waals surface area (Å²) in [5.41, 5.74) is 11.4. The molecule has 0 spiro atoms. The quantitative estimate of drug-likeness (QED) is 0.844. The smallest absolute Gasteiger partial charge is 0.0751 e. The second-order valence-electron chi connectivity index (χ2n) is 8.59. The number of hydrogen-bond acceptors (Lipinski definition) is 4. The van der Waals surface area contributed by atoms with E-state index in [0.717, 1.165) is 19.0 Å². The largest absolute Gasteiger partial charge is 0.385 e. The third kappa shape index (κ3) is 4.17. The minimum atomic E-state index is 0.258. The Morgan fingerprint density at radius 2 is 1.77 bits per heavy atom. The lowest BCUT2D eigenvalue weighted by Gasteiger charge is -2.43. The van der Waals surface area contributed by atoms with E-state index in [1.165, 1.54) is 48.2 Å². The predicted octanol–water partition coefficient (Wildman–Crippen LogP) is 4.23. The number of nitrogens with zero attached hydrogens (tertiary/aromatic N) is 1. The number of hydrogen-bond donors (Lipinski definition) is 2. The molecule has 1 aromatic rings. The zero-order valence-corrected chi connectivity index (χ0v) is 17.2. The number of rotatable bonds is 4. The fourth-order valence-corrected chi connectivity index (χ4v) is 4.49. The molecule has 1 heterocycles. The van der Waals surface area contributed by atoms with Crippen LogP contribution in [0.3, 0.4) is 0 Å². The average Bonchev–Trinajstić information content (AvgIpc) is 2.61. The molecule has 0 amide bonds. The molecule has 2 aliphatic rings. The molecular weight excluding hydrogens is 322 g/mol. The maximum Gasteiger partial charge on any atom is 0.0751 e. The molecule has 4 heteroatoms. The maximum atomic E-state index is 6.03. The van der Waals surface area contributed by atoms with Crippen LogP contribution in [0.5, 0.6) is 0 Å². The number of ether oxygens (including phenoxy) is 1. The first kappa shape index (κ1) is 19.5. The highest BCUT2D eigenvalue weighted by Gasteiger charge is 2.30. The molecule has 1 saturated carbocycles. The van der Waals surface area contributed by atoms with Gasteiger partial charge in [-0.2, -0.15) is 0 Å². The zero-order chi connectivity index (χ0) is 18.8. The van der Waals surface area contributed by atoms with E-state index in [2.05, 4.69) is 57.0 Å². The van der Waals surface area contributed by atoms with Crippen LogP contribution < -0.4 is 16.0 Å². The van der Waals surface area contributed by atoms with Crippen molar-refractivity contribution in [3.8, 4) is 0 Å². The average molecular weight is 360 g/mol. The van der Waals surface area contributed by atoms with Crippen molar-refractivity contribution in [2.75, 3.05) is 23.3 Å². The molecule has 1 aliphatic heterocycles. The van der Waals surface area contributed by atoms with Crippen molar-refractivity contribution in [2.45, 2.75) is 84.6 Å². The molecule has 0 radical (unpaired) electrons. The number of benzene rings is 1. The van der Waals surface area contributed by atoms with Gasteiger partial charge in [-0.25, -0.2) is 0 Å². The molecule has 2 fully saturated rings. The van der Waals surface area contributed by atoms with E-state index in [4.69, 9.17) is 10.5 Å². The SMILES string of the molecule is Cc1c(NCC2CCC(N)CC2)ccc(N2CC(C)OC(C)C2C)c1C. The lowest BCUT2D eigenvalue weighted by Crippen LogP contribution is -2.52. The molecule has 4 nitrogen and oxygen atoms in total. The molecule has 1 saturated heterocycles. The van der Waals surface area contributed by atoms with Gasteiger partial charge in [0.2, 0.25) is 0 Å². The monoisotopic (exact) mass is 359 g/mol. The van der Waals surface area contributed by atoms with Crippen molar-refractivity contribution in [3.05, 3.63) is 23.3 Å². The number of nitrogens with one attached hydrogen (secondary N) is 1. The summed E-state index contributed by atoms with van der Waals surface area (Å²) in [5.74, 6) is 0.759.